The summed E-state index contributed by atoms with van der Waals surface area (Å²) >= 11 is 0. The molecule has 0 aliphatic rings. The average Bonchev–Trinajstić information content (AvgIpc) is 2.66. The first kappa shape index (κ1) is 20.9. The minimum atomic E-state index is 0.890. The van der Waals surface area contributed by atoms with E-state index in [2.05, 4.69) is 114 Å². The lowest BCUT2D eigenvalue weighted by atomic mass is 9.95. The third kappa shape index (κ3) is 4.41. The molecule has 0 amide bonds. The summed E-state index contributed by atoms with van der Waals surface area (Å²) in [6.07, 6.45) is 0. The average molecular weight is 407 g/mol. The summed E-state index contributed by atoms with van der Waals surface area (Å²) in [4.78, 5) is 0. The fourth-order valence-electron chi connectivity index (χ4n) is 4.55. The van der Waals surface area contributed by atoms with Crippen LogP contribution in [0.15, 0.2) is 72.8 Å². The molecule has 0 saturated heterocycles. The Morgan fingerprint density at radius 2 is 0.806 bits per heavy atom. The highest BCUT2D eigenvalue weighted by Gasteiger charge is 2.15. The fraction of sp³-hybridized carbons (Fsp3) is 0.200. The molecule has 4 aromatic rings. The monoisotopic (exact) mass is 406 g/mol. The zero-order chi connectivity index (χ0) is 22.1. The van der Waals surface area contributed by atoms with E-state index in [0.717, 1.165) is 22.6 Å². The van der Waals surface area contributed by atoms with Crippen molar-refractivity contribution in [1.29, 1.82) is 0 Å². The van der Waals surface area contributed by atoms with Gasteiger partial charge in [-0.2, -0.15) is 0 Å². The third-order valence-electron chi connectivity index (χ3n) is 5.71. The van der Waals surface area contributed by atoms with Gasteiger partial charge in [-0.3, -0.25) is 0 Å². The van der Waals surface area contributed by atoms with E-state index < -0.39 is 0 Å². The smallest absolute Gasteiger partial charge is 0.135 e. The first-order valence-electron chi connectivity index (χ1n) is 10.9. The highest BCUT2D eigenvalue weighted by Crippen LogP contribution is 2.41. The van der Waals surface area contributed by atoms with Gasteiger partial charge in [-0.05, 0) is 75.9 Å². The Balaban J connectivity index is 1.87. The van der Waals surface area contributed by atoms with Crippen LogP contribution in [0.3, 0.4) is 0 Å². The number of hydrogen-bond donors (Lipinski definition) is 0. The summed E-state index contributed by atoms with van der Waals surface area (Å²) in [5, 5.41) is 0. The van der Waals surface area contributed by atoms with Gasteiger partial charge in [-0.25, -0.2) is 0 Å². The Labute approximate surface area is 186 Å². The van der Waals surface area contributed by atoms with E-state index in [9.17, 15) is 0 Å². The molecule has 0 heterocycles. The maximum atomic E-state index is 6.67. The summed E-state index contributed by atoms with van der Waals surface area (Å²) < 4.78 is 6.67. The molecule has 1 heteroatoms. The molecule has 4 aromatic carbocycles. The maximum Gasteiger partial charge on any atom is 0.135 e. The quantitative estimate of drug-likeness (QED) is 0.329. The highest BCUT2D eigenvalue weighted by atomic mass is 16.5. The molecule has 0 aliphatic carbocycles. The Morgan fingerprint density at radius 3 is 1.16 bits per heavy atom. The van der Waals surface area contributed by atoms with Gasteiger partial charge in [-0.1, -0.05) is 82.9 Å². The van der Waals surface area contributed by atoms with Gasteiger partial charge in [0.25, 0.3) is 0 Å². The molecule has 156 valence electrons. The molecule has 0 aliphatic heterocycles. The Morgan fingerprint density at radius 1 is 0.452 bits per heavy atom. The number of aryl methyl sites for hydroxylation is 6. The van der Waals surface area contributed by atoms with Crippen molar-refractivity contribution in [2.24, 2.45) is 0 Å². The van der Waals surface area contributed by atoms with E-state index in [4.69, 9.17) is 4.74 Å². The van der Waals surface area contributed by atoms with Crippen molar-refractivity contribution in [3.05, 3.63) is 106 Å². The molecule has 4 rings (SSSR count). The second kappa shape index (κ2) is 8.43. The third-order valence-corrected chi connectivity index (χ3v) is 5.71. The topological polar surface area (TPSA) is 9.23 Å². The molecule has 0 unspecified atom stereocenters. The van der Waals surface area contributed by atoms with E-state index in [1.54, 1.807) is 0 Å². The van der Waals surface area contributed by atoms with Crippen LogP contribution in [0.5, 0.6) is 11.5 Å². The van der Waals surface area contributed by atoms with Crippen molar-refractivity contribution >= 4 is 0 Å². The van der Waals surface area contributed by atoms with Crippen LogP contribution in [0.2, 0.25) is 0 Å². The van der Waals surface area contributed by atoms with Gasteiger partial charge in [0.15, 0.2) is 0 Å². The van der Waals surface area contributed by atoms with Gasteiger partial charge in [-0.15, -0.1) is 0 Å². The van der Waals surface area contributed by atoms with Crippen LogP contribution in [0.4, 0.5) is 0 Å². The molecule has 0 bridgehead atoms. The van der Waals surface area contributed by atoms with Crippen LogP contribution >= 0.6 is 0 Å². The molecule has 0 radical (unpaired) electrons. The molecule has 1 nitrogen and oxygen atoms in total. The van der Waals surface area contributed by atoms with E-state index in [1.165, 1.54) is 44.5 Å². The van der Waals surface area contributed by atoms with E-state index in [1.807, 2.05) is 0 Å². The normalized spacial score (nSPS) is 10.9. The Kier molecular flexibility index (Phi) is 5.69. The molecular formula is C30H30O. The van der Waals surface area contributed by atoms with Crippen molar-refractivity contribution in [2.45, 2.75) is 41.5 Å². The first-order chi connectivity index (χ1) is 14.8. The van der Waals surface area contributed by atoms with Gasteiger partial charge < -0.3 is 4.74 Å². The predicted octanol–water partition coefficient (Wildman–Crippen LogP) is 8.66. The van der Waals surface area contributed by atoms with Crippen LogP contribution in [-0.4, -0.2) is 0 Å². The first-order valence-corrected chi connectivity index (χ1v) is 10.9. The second-order valence-corrected chi connectivity index (χ2v) is 8.75. The number of benzene rings is 4. The number of ether oxygens (including phenoxy) is 1. The number of hydrogen-bond acceptors (Lipinski definition) is 1. The van der Waals surface area contributed by atoms with Gasteiger partial charge in [0.05, 0.1) is 0 Å². The standard InChI is InChI=1S/C30H30O/c1-19-13-20(2)16-25(15-19)29-23(5)9-7-11-27(29)31-28-12-8-10-24(6)30(28)26-17-21(3)14-22(4)18-26/h7-18H,1-6H3. The zero-order valence-electron chi connectivity index (χ0n) is 19.3. The zero-order valence-corrected chi connectivity index (χ0v) is 19.3. The van der Waals surface area contributed by atoms with Gasteiger partial charge in [0, 0.05) is 11.1 Å². The lowest BCUT2D eigenvalue weighted by Gasteiger charge is -2.19. The number of rotatable bonds is 4. The fourth-order valence-corrected chi connectivity index (χ4v) is 4.55. The van der Waals surface area contributed by atoms with Gasteiger partial charge in [0.1, 0.15) is 11.5 Å². The van der Waals surface area contributed by atoms with Crippen molar-refractivity contribution in [2.75, 3.05) is 0 Å². The van der Waals surface area contributed by atoms with Crippen LogP contribution in [-0.2, 0) is 0 Å². The molecule has 0 aromatic heterocycles. The van der Waals surface area contributed by atoms with E-state index in [-0.39, 0.29) is 0 Å². The second-order valence-electron chi connectivity index (χ2n) is 8.75. The highest BCUT2D eigenvalue weighted by molar-refractivity contribution is 5.78. The van der Waals surface area contributed by atoms with Crippen molar-refractivity contribution in [3.63, 3.8) is 0 Å². The van der Waals surface area contributed by atoms with E-state index in [0.29, 0.717) is 0 Å². The van der Waals surface area contributed by atoms with Crippen LogP contribution in [0.25, 0.3) is 22.3 Å². The van der Waals surface area contributed by atoms with Crippen LogP contribution < -0.4 is 4.74 Å². The summed E-state index contributed by atoms with van der Waals surface area (Å²) in [6, 6.07) is 26.0. The molecule has 0 N–H and O–H groups in total. The largest absolute Gasteiger partial charge is 0.456 e. The van der Waals surface area contributed by atoms with Crippen molar-refractivity contribution in [1.82, 2.24) is 0 Å². The Hall–Kier alpha value is -3.32. The SMILES string of the molecule is Cc1cc(C)cc(-c2c(C)cccc2Oc2cccc(C)c2-c2cc(C)cc(C)c2)c1. The predicted molar refractivity (Wildman–Crippen MR) is 132 cm³/mol. The Bertz CT molecular complexity index is 1120. The van der Waals surface area contributed by atoms with Crippen LogP contribution in [0.1, 0.15) is 33.4 Å². The molecule has 0 atom stereocenters. The summed E-state index contributed by atoms with van der Waals surface area (Å²) in [6.45, 7) is 12.9. The molecule has 31 heavy (non-hydrogen) atoms. The lowest BCUT2D eigenvalue weighted by molar-refractivity contribution is 0.485. The summed E-state index contributed by atoms with van der Waals surface area (Å²) in [5.41, 5.74) is 12.2. The van der Waals surface area contributed by atoms with Gasteiger partial charge in [0.2, 0.25) is 0 Å². The van der Waals surface area contributed by atoms with Crippen LogP contribution in [0, 0.1) is 41.5 Å². The maximum absolute atomic E-state index is 6.67. The summed E-state index contributed by atoms with van der Waals surface area (Å²) in [7, 11) is 0. The minimum absolute atomic E-state index is 0.890. The summed E-state index contributed by atoms with van der Waals surface area (Å²) in [5.74, 6) is 1.78. The molecule has 0 saturated carbocycles. The molecule has 0 fully saturated rings. The molecular weight excluding hydrogens is 376 g/mol. The van der Waals surface area contributed by atoms with Crippen molar-refractivity contribution < 1.29 is 4.74 Å². The minimum Gasteiger partial charge on any atom is -0.456 e. The molecule has 0 spiro atoms. The van der Waals surface area contributed by atoms with E-state index >= 15 is 0 Å². The van der Waals surface area contributed by atoms with Gasteiger partial charge >= 0.3 is 0 Å². The van der Waals surface area contributed by atoms with Crippen molar-refractivity contribution in [3.8, 4) is 33.8 Å². The lowest BCUT2D eigenvalue weighted by Crippen LogP contribution is -1.96.